The Hall–Kier alpha value is -1.09. The molecule has 100 valence electrons. The van der Waals surface area contributed by atoms with Gasteiger partial charge in [-0.1, -0.05) is 6.07 Å². The van der Waals surface area contributed by atoms with Crippen LogP contribution in [0.5, 0.6) is 5.75 Å². The Bertz CT molecular complexity index is 386. The molecule has 2 unspecified atom stereocenters. The number of halogens is 1. The van der Waals surface area contributed by atoms with Gasteiger partial charge in [-0.15, -0.1) is 0 Å². The van der Waals surface area contributed by atoms with Crippen LogP contribution in [0.4, 0.5) is 4.39 Å². The third-order valence-electron chi connectivity index (χ3n) is 3.67. The van der Waals surface area contributed by atoms with Crippen LogP contribution in [0.15, 0.2) is 18.2 Å². The number of nitrogens with one attached hydrogen (secondary N) is 1. The predicted molar refractivity (Wildman–Crippen MR) is 71.8 cm³/mol. The highest BCUT2D eigenvalue weighted by Crippen LogP contribution is 2.28. The van der Waals surface area contributed by atoms with Gasteiger partial charge < -0.3 is 10.1 Å². The molecule has 2 rings (SSSR count). The molecule has 1 N–H and O–H groups in total. The van der Waals surface area contributed by atoms with Crippen molar-refractivity contribution in [3.63, 3.8) is 0 Å². The summed E-state index contributed by atoms with van der Waals surface area (Å²) in [6, 6.07) is 5.65. The van der Waals surface area contributed by atoms with Gasteiger partial charge in [0.15, 0.2) is 0 Å². The maximum atomic E-state index is 13.4. The molecular weight excluding hydrogens is 229 g/mol. The van der Waals surface area contributed by atoms with E-state index in [1.807, 2.05) is 18.2 Å². The number of alkyl halides is 1. The zero-order valence-electron chi connectivity index (χ0n) is 11.2. The third-order valence-corrected chi connectivity index (χ3v) is 3.67. The lowest BCUT2D eigenvalue weighted by atomic mass is 9.91. The van der Waals surface area contributed by atoms with E-state index in [4.69, 9.17) is 4.74 Å². The summed E-state index contributed by atoms with van der Waals surface area (Å²) in [5.41, 5.74) is 1.88. The number of ether oxygens (including phenoxy) is 1. The maximum absolute atomic E-state index is 13.4. The molecule has 0 saturated carbocycles. The maximum Gasteiger partial charge on any atom is 0.122 e. The molecule has 0 bridgehead atoms. The highest BCUT2D eigenvalue weighted by atomic mass is 19.1. The number of hydrogen-bond donors (Lipinski definition) is 1. The fraction of sp³-hybridized carbons (Fsp3) is 0.600. The Kier molecular flexibility index (Phi) is 4.59. The zero-order chi connectivity index (χ0) is 13.0. The SMILES string of the molecule is COc1ccc(C(C)F)cc1CC1CCCNC1. The second-order valence-corrected chi connectivity index (χ2v) is 5.10. The summed E-state index contributed by atoms with van der Waals surface area (Å²) in [5, 5.41) is 3.42. The minimum atomic E-state index is -0.917. The molecule has 0 radical (unpaired) electrons. The molecule has 0 spiro atoms. The Labute approximate surface area is 109 Å². The molecule has 2 nitrogen and oxygen atoms in total. The summed E-state index contributed by atoms with van der Waals surface area (Å²) < 4.78 is 18.8. The zero-order valence-corrected chi connectivity index (χ0v) is 11.2. The van der Waals surface area contributed by atoms with Crippen LogP contribution in [-0.4, -0.2) is 20.2 Å². The van der Waals surface area contributed by atoms with Gasteiger partial charge in [0.2, 0.25) is 0 Å². The predicted octanol–water partition coefficient (Wildman–Crippen LogP) is 3.27. The molecule has 0 amide bonds. The lowest BCUT2D eigenvalue weighted by Gasteiger charge is -2.23. The first-order chi connectivity index (χ1) is 8.70. The molecule has 18 heavy (non-hydrogen) atoms. The van der Waals surface area contributed by atoms with Gasteiger partial charge in [0.1, 0.15) is 11.9 Å². The summed E-state index contributed by atoms with van der Waals surface area (Å²) in [4.78, 5) is 0. The quantitative estimate of drug-likeness (QED) is 0.886. The Morgan fingerprint density at radius 3 is 2.94 bits per heavy atom. The summed E-state index contributed by atoms with van der Waals surface area (Å²) >= 11 is 0. The van der Waals surface area contributed by atoms with Gasteiger partial charge in [-0.2, -0.15) is 0 Å². The Morgan fingerprint density at radius 2 is 2.33 bits per heavy atom. The van der Waals surface area contributed by atoms with E-state index in [1.54, 1.807) is 14.0 Å². The van der Waals surface area contributed by atoms with Crippen LogP contribution in [0.3, 0.4) is 0 Å². The molecule has 1 aliphatic rings. The molecule has 0 aliphatic carbocycles. The number of hydrogen-bond acceptors (Lipinski definition) is 2. The minimum absolute atomic E-state index is 0.637. The Morgan fingerprint density at radius 1 is 1.50 bits per heavy atom. The monoisotopic (exact) mass is 251 g/mol. The molecule has 0 aromatic heterocycles. The van der Waals surface area contributed by atoms with Gasteiger partial charge >= 0.3 is 0 Å². The first kappa shape index (κ1) is 13.3. The van der Waals surface area contributed by atoms with Crippen molar-refractivity contribution in [1.82, 2.24) is 5.32 Å². The van der Waals surface area contributed by atoms with Crippen molar-refractivity contribution in [3.8, 4) is 5.75 Å². The molecule has 3 heteroatoms. The standard InChI is InChI=1S/C15H22FNO/c1-11(16)13-5-6-15(18-2)14(9-13)8-12-4-3-7-17-10-12/h5-6,9,11-12,17H,3-4,7-8,10H2,1-2H3. The van der Waals surface area contributed by atoms with Gasteiger partial charge in [0.05, 0.1) is 7.11 Å². The van der Waals surface area contributed by atoms with E-state index < -0.39 is 6.17 Å². The molecular formula is C15H22FNO. The van der Waals surface area contributed by atoms with Crippen molar-refractivity contribution in [3.05, 3.63) is 29.3 Å². The van der Waals surface area contributed by atoms with E-state index in [0.717, 1.165) is 36.4 Å². The molecule has 1 aromatic carbocycles. The van der Waals surface area contributed by atoms with Gasteiger partial charge in [0.25, 0.3) is 0 Å². The van der Waals surface area contributed by atoms with E-state index in [1.165, 1.54) is 12.8 Å². The van der Waals surface area contributed by atoms with E-state index in [9.17, 15) is 4.39 Å². The van der Waals surface area contributed by atoms with Crippen LogP contribution in [0, 0.1) is 5.92 Å². The van der Waals surface area contributed by atoms with Gasteiger partial charge in [0, 0.05) is 0 Å². The first-order valence-electron chi connectivity index (χ1n) is 6.72. The van der Waals surface area contributed by atoms with Crippen molar-refractivity contribution in [2.45, 2.75) is 32.4 Å². The average Bonchev–Trinajstić information content (AvgIpc) is 2.39. The largest absolute Gasteiger partial charge is 0.496 e. The number of methoxy groups -OCH3 is 1. The third kappa shape index (κ3) is 3.22. The summed E-state index contributed by atoms with van der Waals surface area (Å²) in [6.45, 7) is 3.75. The van der Waals surface area contributed by atoms with Crippen LogP contribution in [-0.2, 0) is 6.42 Å². The molecule has 1 fully saturated rings. The second-order valence-electron chi connectivity index (χ2n) is 5.10. The fourth-order valence-electron chi connectivity index (χ4n) is 2.61. The number of benzene rings is 1. The Balaban J connectivity index is 2.15. The van der Waals surface area contributed by atoms with Crippen LogP contribution in [0.1, 0.15) is 37.1 Å². The van der Waals surface area contributed by atoms with Crippen molar-refractivity contribution >= 4 is 0 Å². The minimum Gasteiger partial charge on any atom is -0.496 e. The topological polar surface area (TPSA) is 21.3 Å². The normalized spacial score (nSPS) is 21.6. The van der Waals surface area contributed by atoms with Crippen LogP contribution in [0.2, 0.25) is 0 Å². The van der Waals surface area contributed by atoms with Crippen LogP contribution in [0.25, 0.3) is 0 Å². The number of rotatable bonds is 4. The van der Waals surface area contributed by atoms with Crippen molar-refractivity contribution in [2.75, 3.05) is 20.2 Å². The molecule has 1 aliphatic heterocycles. The fourth-order valence-corrected chi connectivity index (χ4v) is 2.61. The first-order valence-corrected chi connectivity index (χ1v) is 6.72. The average molecular weight is 251 g/mol. The molecule has 1 heterocycles. The van der Waals surface area contributed by atoms with Gasteiger partial charge in [-0.05, 0) is 68.5 Å². The van der Waals surface area contributed by atoms with E-state index in [-0.39, 0.29) is 0 Å². The summed E-state index contributed by atoms with van der Waals surface area (Å²) in [5.74, 6) is 1.52. The molecule has 1 saturated heterocycles. The van der Waals surface area contributed by atoms with E-state index in [2.05, 4.69) is 5.32 Å². The molecule has 2 atom stereocenters. The lowest BCUT2D eigenvalue weighted by molar-refractivity contribution is 0.359. The highest BCUT2D eigenvalue weighted by molar-refractivity contribution is 5.38. The van der Waals surface area contributed by atoms with Gasteiger partial charge in [-0.3, -0.25) is 0 Å². The van der Waals surface area contributed by atoms with E-state index in [0.29, 0.717) is 5.92 Å². The van der Waals surface area contributed by atoms with Crippen molar-refractivity contribution in [1.29, 1.82) is 0 Å². The van der Waals surface area contributed by atoms with Crippen LogP contribution >= 0.6 is 0 Å². The highest BCUT2D eigenvalue weighted by Gasteiger charge is 2.16. The number of piperidine rings is 1. The second kappa shape index (κ2) is 6.19. The van der Waals surface area contributed by atoms with Crippen molar-refractivity contribution in [2.24, 2.45) is 5.92 Å². The summed E-state index contributed by atoms with van der Waals surface area (Å²) in [7, 11) is 1.68. The molecule has 1 aromatic rings. The smallest absolute Gasteiger partial charge is 0.122 e. The summed E-state index contributed by atoms with van der Waals surface area (Å²) in [6.07, 6.45) is 2.52. The van der Waals surface area contributed by atoms with Crippen molar-refractivity contribution < 1.29 is 9.13 Å². The lowest BCUT2D eigenvalue weighted by Crippen LogP contribution is -2.30. The van der Waals surface area contributed by atoms with Gasteiger partial charge in [-0.25, -0.2) is 4.39 Å². The van der Waals surface area contributed by atoms with E-state index >= 15 is 0 Å². The van der Waals surface area contributed by atoms with Crippen LogP contribution < -0.4 is 10.1 Å².